The number of rotatable bonds is 6. The van der Waals surface area contributed by atoms with Gasteiger partial charge in [-0.1, -0.05) is 25.0 Å². The largest absolute Gasteiger partial charge is 0.354 e. The number of carbonyl (C=O) groups is 2. The average molecular weight is 371 g/mol. The summed E-state index contributed by atoms with van der Waals surface area (Å²) in [5.41, 5.74) is 2.41. The lowest BCUT2D eigenvalue weighted by molar-refractivity contribution is -0.124. The van der Waals surface area contributed by atoms with Crippen molar-refractivity contribution in [2.45, 2.75) is 39.5 Å². The van der Waals surface area contributed by atoms with E-state index in [0.717, 1.165) is 31.4 Å². The van der Waals surface area contributed by atoms with Crippen LogP contribution in [0.3, 0.4) is 0 Å². The van der Waals surface area contributed by atoms with Gasteiger partial charge in [0.25, 0.3) is 5.91 Å². The van der Waals surface area contributed by atoms with Crippen LogP contribution in [-0.2, 0) is 4.79 Å². The number of nitrogens with zero attached hydrogens (tertiary/aromatic N) is 1. The summed E-state index contributed by atoms with van der Waals surface area (Å²) in [6.45, 7) is 4.42. The molecular formula is C21H26FN3O2. The van der Waals surface area contributed by atoms with Crippen LogP contribution in [0.25, 0.3) is 5.69 Å². The molecule has 0 aliphatic heterocycles. The van der Waals surface area contributed by atoms with E-state index in [9.17, 15) is 14.0 Å². The zero-order chi connectivity index (χ0) is 19.4. The summed E-state index contributed by atoms with van der Waals surface area (Å²) < 4.78 is 15.9. The third kappa shape index (κ3) is 4.21. The molecule has 1 fully saturated rings. The Morgan fingerprint density at radius 2 is 1.78 bits per heavy atom. The lowest BCUT2D eigenvalue weighted by Crippen LogP contribution is -2.37. The Bertz CT molecular complexity index is 838. The molecule has 6 heteroatoms. The van der Waals surface area contributed by atoms with Crippen LogP contribution in [0.5, 0.6) is 0 Å². The van der Waals surface area contributed by atoms with Crippen LogP contribution in [-0.4, -0.2) is 29.5 Å². The van der Waals surface area contributed by atoms with Crippen molar-refractivity contribution in [2.75, 3.05) is 13.1 Å². The number of amides is 2. The minimum atomic E-state index is -0.333. The number of benzene rings is 1. The van der Waals surface area contributed by atoms with Crippen LogP contribution in [0.4, 0.5) is 4.39 Å². The summed E-state index contributed by atoms with van der Waals surface area (Å²) in [7, 11) is 0. The van der Waals surface area contributed by atoms with E-state index < -0.39 is 0 Å². The van der Waals surface area contributed by atoms with Gasteiger partial charge in [-0.2, -0.15) is 0 Å². The third-order valence-electron chi connectivity index (χ3n) is 5.20. The van der Waals surface area contributed by atoms with Crippen molar-refractivity contribution in [3.8, 4) is 5.69 Å². The van der Waals surface area contributed by atoms with Gasteiger partial charge in [0.15, 0.2) is 0 Å². The van der Waals surface area contributed by atoms with E-state index in [2.05, 4.69) is 10.6 Å². The van der Waals surface area contributed by atoms with Crippen LogP contribution in [0, 0.1) is 25.6 Å². The number of hydrogen-bond acceptors (Lipinski definition) is 2. The molecule has 1 aliphatic carbocycles. The molecule has 0 saturated heterocycles. The van der Waals surface area contributed by atoms with Crippen molar-refractivity contribution < 1.29 is 14.0 Å². The van der Waals surface area contributed by atoms with Crippen molar-refractivity contribution >= 4 is 11.8 Å². The number of nitrogens with one attached hydrogen (secondary N) is 2. The van der Waals surface area contributed by atoms with Crippen LogP contribution >= 0.6 is 0 Å². The SMILES string of the molecule is Cc1cc(C(=O)NCCNC(=O)C2CCCC2)c(C)n1-c1ccccc1F. The van der Waals surface area contributed by atoms with Gasteiger partial charge in [0.2, 0.25) is 5.91 Å². The molecule has 1 heterocycles. The van der Waals surface area contributed by atoms with Crippen LogP contribution in [0.2, 0.25) is 0 Å². The molecule has 0 unspecified atom stereocenters. The molecule has 144 valence electrons. The van der Waals surface area contributed by atoms with E-state index in [-0.39, 0.29) is 23.5 Å². The molecule has 2 aromatic rings. The van der Waals surface area contributed by atoms with Gasteiger partial charge in [-0.05, 0) is 44.9 Å². The second-order valence-electron chi connectivity index (χ2n) is 7.10. The topological polar surface area (TPSA) is 63.1 Å². The van der Waals surface area contributed by atoms with Gasteiger partial charge in [0.1, 0.15) is 5.82 Å². The maximum atomic E-state index is 14.1. The molecule has 1 aliphatic rings. The summed E-state index contributed by atoms with van der Waals surface area (Å²) in [4.78, 5) is 24.5. The summed E-state index contributed by atoms with van der Waals surface area (Å²) in [6, 6.07) is 8.26. The minimum Gasteiger partial charge on any atom is -0.354 e. The molecule has 2 amide bonds. The first-order valence-electron chi connectivity index (χ1n) is 9.49. The molecule has 3 rings (SSSR count). The maximum absolute atomic E-state index is 14.1. The summed E-state index contributed by atoms with van der Waals surface area (Å²) >= 11 is 0. The fourth-order valence-corrected chi connectivity index (χ4v) is 3.79. The summed E-state index contributed by atoms with van der Waals surface area (Å²) in [5.74, 6) is -0.346. The van der Waals surface area contributed by atoms with Crippen LogP contribution < -0.4 is 10.6 Å². The zero-order valence-electron chi connectivity index (χ0n) is 15.8. The van der Waals surface area contributed by atoms with Crippen LogP contribution in [0.1, 0.15) is 47.4 Å². The van der Waals surface area contributed by atoms with E-state index in [1.807, 2.05) is 6.92 Å². The lowest BCUT2D eigenvalue weighted by Gasteiger charge is -2.12. The van der Waals surface area contributed by atoms with Gasteiger partial charge in [-0.3, -0.25) is 9.59 Å². The summed E-state index contributed by atoms with van der Waals surface area (Å²) in [5, 5.41) is 5.72. The highest BCUT2D eigenvalue weighted by molar-refractivity contribution is 5.96. The van der Waals surface area contributed by atoms with Gasteiger partial charge in [-0.15, -0.1) is 0 Å². The first-order chi connectivity index (χ1) is 13.0. The number of hydrogen-bond donors (Lipinski definition) is 2. The van der Waals surface area contributed by atoms with Crippen molar-refractivity contribution in [3.05, 3.63) is 53.1 Å². The monoisotopic (exact) mass is 371 g/mol. The predicted octanol–water partition coefficient (Wildman–Crippen LogP) is 3.27. The molecule has 2 N–H and O–H groups in total. The van der Waals surface area contributed by atoms with Gasteiger partial charge < -0.3 is 15.2 Å². The zero-order valence-corrected chi connectivity index (χ0v) is 15.8. The number of halogens is 1. The predicted molar refractivity (Wildman–Crippen MR) is 103 cm³/mol. The van der Waals surface area contributed by atoms with Crippen LogP contribution in [0.15, 0.2) is 30.3 Å². The number of aryl methyl sites for hydroxylation is 1. The highest BCUT2D eigenvalue weighted by Crippen LogP contribution is 2.24. The molecule has 1 saturated carbocycles. The van der Waals surface area contributed by atoms with E-state index in [4.69, 9.17) is 0 Å². The molecule has 0 radical (unpaired) electrons. The Morgan fingerprint density at radius 1 is 1.11 bits per heavy atom. The summed E-state index contributed by atoms with van der Waals surface area (Å²) in [6.07, 6.45) is 4.15. The fourth-order valence-electron chi connectivity index (χ4n) is 3.79. The van der Waals surface area contributed by atoms with Crippen molar-refractivity contribution in [2.24, 2.45) is 5.92 Å². The Labute approximate surface area is 159 Å². The first-order valence-corrected chi connectivity index (χ1v) is 9.49. The average Bonchev–Trinajstić information content (AvgIpc) is 3.28. The Hall–Kier alpha value is -2.63. The minimum absolute atomic E-state index is 0.0829. The molecule has 5 nitrogen and oxygen atoms in total. The number of para-hydroxylation sites is 1. The smallest absolute Gasteiger partial charge is 0.253 e. The number of carbonyl (C=O) groups excluding carboxylic acids is 2. The van der Waals surface area contributed by atoms with Crippen molar-refractivity contribution in [3.63, 3.8) is 0 Å². The molecule has 27 heavy (non-hydrogen) atoms. The first kappa shape index (κ1) is 19.1. The van der Waals surface area contributed by atoms with Gasteiger partial charge in [-0.25, -0.2) is 4.39 Å². The standard InChI is InChI=1S/C21H26FN3O2/c1-14-13-17(15(2)25(14)19-10-6-5-9-18(19)22)21(27)24-12-11-23-20(26)16-7-3-4-8-16/h5-6,9-10,13,16H,3-4,7-8,11-12H2,1-2H3,(H,23,26)(H,24,27). The second kappa shape index (κ2) is 8.37. The fraction of sp³-hybridized carbons (Fsp3) is 0.429. The molecule has 0 atom stereocenters. The molecular weight excluding hydrogens is 345 g/mol. The van der Waals surface area contributed by atoms with E-state index in [1.54, 1.807) is 35.8 Å². The maximum Gasteiger partial charge on any atom is 0.253 e. The Kier molecular flexibility index (Phi) is 5.94. The Balaban J connectivity index is 1.60. The molecule has 1 aromatic heterocycles. The van der Waals surface area contributed by atoms with E-state index in [1.165, 1.54) is 6.07 Å². The second-order valence-corrected chi connectivity index (χ2v) is 7.10. The highest BCUT2D eigenvalue weighted by atomic mass is 19.1. The third-order valence-corrected chi connectivity index (χ3v) is 5.20. The molecule has 1 aromatic carbocycles. The quantitative estimate of drug-likeness (QED) is 0.766. The molecule has 0 spiro atoms. The molecule has 0 bridgehead atoms. The highest BCUT2D eigenvalue weighted by Gasteiger charge is 2.22. The lowest BCUT2D eigenvalue weighted by atomic mass is 10.1. The van der Waals surface area contributed by atoms with E-state index >= 15 is 0 Å². The number of aromatic nitrogens is 1. The van der Waals surface area contributed by atoms with Gasteiger partial charge in [0.05, 0.1) is 11.3 Å². The van der Waals surface area contributed by atoms with Gasteiger partial charge >= 0.3 is 0 Å². The Morgan fingerprint density at radius 3 is 2.48 bits per heavy atom. The van der Waals surface area contributed by atoms with Crippen molar-refractivity contribution in [1.82, 2.24) is 15.2 Å². The normalized spacial score (nSPS) is 14.3. The van der Waals surface area contributed by atoms with Gasteiger partial charge in [0, 0.05) is 30.4 Å². The van der Waals surface area contributed by atoms with E-state index in [0.29, 0.717) is 30.0 Å². The van der Waals surface area contributed by atoms with Crippen molar-refractivity contribution in [1.29, 1.82) is 0 Å².